The zero-order chi connectivity index (χ0) is 16.5. The van der Waals surface area contributed by atoms with Crippen LogP contribution in [0.4, 0.5) is 5.95 Å². The number of hydrogen-bond acceptors (Lipinski definition) is 5. The number of piperidine rings is 1. The molecule has 2 N–H and O–H groups in total. The molecule has 1 saturated heterocycles. The van der Waals surface area contributed by atoms with E-state index in [1.54, 1.807) is 10.7 Å². The molecule has 0 unspecified atom stereocenters. The second-order valence-corrected chi connectivity index (χ2v) is 6.45. The second kappa shape index (κ2) is 6.20. The van der Waals surface area contributed by atoms with Crippen LogP contribution in [0.25, 0.3) is 16.9 Å². The standard InChI is InChI=1S/C18H22N6/c1-13(23-9-3-2-4-10-23)14-5-7-15(8-6-14)16-11-17-22-20-12-24(17)18(19)21-16/h5-8,11-13H,2-4,9-10H2,1H3,(H2,19,21)/t13-/m1/s1. The van der Waals surface area contributed by atoms with Gasteiger partial charge in [-0.3, -0.25) is 9.30 Å². The average molecular weight is 322 g/mol. The van der Waals surface area contributed by atoms with Crippen molar-refractivity contribution in [3.8, 4) is 11.3 Å². The van der Waals surface area contributed by atoms with Gasteiger partial charge in [-0.2, -0.15) is 0 Å². The molecule has 24 heavy (non-hydrogen) atoms. The smallest absolute Gasteiger partial charge is 0.207 e. The Kier molecular flexibility index (Phi) is 3.90. The summed E-state index contributed by atoms with van der Waals surface area (Å²) in [5.41, 5.74) is 9.90. The SMILES string of the molecule is C[C@H](c1ccc(-c2cc3nncn3c(N)n2)cc1)N1CCCCC1. The summed E-state index contributed by atoms with van der Waals surface area (Å²) in [6, 6.07) is 11.0. The van der Waals surface area contributed by atoms with E-state index in [1.165, 1.54) is 37.9 Å². The van der Waals surface area contributed by atoms with Gasteiger partial charge < -0.3 is 5.73 Å². The van der Waals surface area contributed by atoms with Crippen molar-refractivity contribution in [1.82, 2.24) is 24.5 Å². The number of nitrogens with zero attached hydrogens (tertiary/aromatic N) is 5. The number of anilines is 1. The molecule has 4 rings (SSSR count). The van der Waals surface area contributed by atoms with Crippen molar-refractivity contribution in [2.75, 3.05) is 18.8 Å². The zero-order valence-corrected chi connectivity index (χ0v) is 13.9. The fraction of sp³-hybridized carbons (Fsp3) is 0.389. The molecule has 0 bridgehead atoms. The third-order valence-corrected chi connectivity index (χ3v) is 4.95. The summed E-state index contributed by atoms with van der Waals surface area (Å²) in [5.74, 6) is 0.401. The summed E-state index contributed by atoms with van der Waals surface area (Å²) in [6.07, 6.45) is 5.55. The van der Waals surface area contributed by atoms with Crippen molar-refractivity contribution in [1.29, 1.82) is 0 Å². The molecule has 6 heteroatoms. The average Bonchev–Trinajstić information content (AvgIpc) is 3.11. The summed E-state index contributed by atoms with van der Waals surface area (Å²) in [5, 5.41) is 7.93. The Hall–Kier alpha value is -2.47. The normalized spacial score (nSPS) is 17.2. The van der Waals surface area contributed by atoms with Gasteiger partial charge in [-0.1, -0.05) is 30.7 Å². The van der Waals surface area contributed by atoms with E-state index in [2.05, 4.69) is 51.3 Å². The summed E-state index contributed by atoms with van der Waals surface area (Å²) >= 11 is 0. The lowest BCUT2D eigenvalue weighted by molar-refractivity contribution is 0.175. The minimum atomic E-state index is 0.401. The number of likely N-dealkylation sites (tertiary alicyclic amines) is 1. The van der Waals surface area contributed by atoms with Crippen molar-refractivity contribution in [3.63, 3.8) is 0 Å². The van der Waals surface area contributed by atoms with Gasteiger partial charge in [0.2, 0.25) is 5.95 Å². The van der Waals surface area contributed by atoms with Crippen LogP contribution in [0.2, 0.25) is 0 Å². The largest absolute Gasteiger partial charge is 0.369 e. The zero-order valence-electron chi connectivity index (χ0n) is 13.9. The monoisotopic (exact) mass is 322 g/mol. The lowest BCUT2D eigenvalue weighted by atomic mass is 10.0. The first-order valence-electron chi connectivity index (χ1n) is 8.53. The second-order valence-electron chi connectivity index (χ2n) is 6.45. The lowest BCUT2D eigenvalue weighted by Gasteiger charge is -2.32. The summed E-state index contributed by atoms with van der Waals surface area (Å²) in [6.45, 7) is 4.69. The molecule has 0 amide bonds. The molecule has 3 aromatic rings. The number of fused-ring (bicyclic) bond motifs is 1. The van der Waals surface area contributed by atoms with Gasteiger partial charge in [0, 0.05) is 17.7 Å². The Balaban J connectivity index is 1.60. The van der Waals surface area contributed by atoms with Crippen LogP contribution in [-0.2, 0) is 0 Å². The molecule has 0 radical (unpaired) electrons. The number of aromatic nitrogens is 4. The molecular formula is C18H22N6. The highest BCUT2D eigenvalue weighted by Crippen LogP contribution is 2.27. The van der Waals surface area contributed by atoms with Gasteiger partial charge in [-0.15, -0.1) is 10.2 Å². The Morgan fingerprint density at radius 1 is 1.08 bits per heavy atom. The van der Waals surface area contributed by atoms with E-state index in [1.807, 2.05) is 6.07 Å². The minimum absolute atomic E-state index is 0.401. The molecule has 1 aromatic carbocycles. The minimum Gasteiger partial charge on any atom is -0.369 e. The fourth-order valence-corrected chi connectivity index (χ4v) is 3.45. The summed E-state index contributed by atoms with van der Waals surface area (Å²) < 4.78 is 1.68. The van der Waals surface area contributed by atoms with Gasteiger partial charge in [0.15, 0.2) is 5.65 Å². The molecule has 1 fully saturated rings. The molecule has 0 spiro atoms. The van der Waals surface area contributed by atoms with Crippen LogP contribution in [0.1, 0.15) is 37.8 Å². The molecule has 124 valence electrons. The van der Waals surface area contributed by atoms with Crippen molar-refractivity contribution in [2.45, 2.75) is 32.2 Å². The highest BCUT2D eigenvalue weighted by Gasteiger charge is 2.18. The van der Waals surface area contributed by atoms with Crippen molar-refractivity contribution in [3.05, 3.63) is 42.2 Å². The predicted octanol–water partition coefficient (Wildman–Crippen LogP) is 2.92. The van der Waals surface area contributed by atoms with E-state index in [4.69, 9.17) is 5.73 Å². The lowest BCUT2D eigenvalue weighted by Crippen LogP contribution is -2.32. The first-order chi connectivity index (χ1) is 11.7. The number of benzene rings is 1. The van der Waals surface area contributed by atoms with Gasteiger partial charge in [0.05, 0.1) is 5.69 Å². The molecule has 1 aliphatic heterocycles. The number of hydrogen-bond donors (Lipinski definition) is 1. The van der Waals surface area contributed by atoms with Crippen molar-refractivity contribution < 1.29 is 0 Å². The van der Waals surface area contributed by atoms with Crippen LogP contribution in [-0.4, -0.2) is 37.6 Å². The fourth-order valence-electron chi connectivity index (χ4n) is 3.45. The Morgan fingerprint density at radius 3 is 2.58 bits per heavy atom. The van der Waals surface area contributed by atoms with Crippen LogP contribution >= 0.6 is 0 Å². The van der Waals surface area contributed by atoms with E-state index in [-0.39, 0.29) is 0 Å². The number of nitrogens with two attached hydrogens (primary N) is 1. The van der Waals surface area contributed by atoms with Gasteiger partial charge in [0.1, 0.15) is 6.33 Å². The van der Waals surface area contributed by atoms with Gasteiger partial charge >= 0.3 is 0 Å². The van der Waals surface area contributed by atoms with Crippen LogP contribution in [0.15, 0.2) is 36.7 Å². The van der Waals surface area contributed by atoms with E-state index >= 15 is 0 Å². The van der Waals surface area contributed by atoms with Crippen LogP contribution < -0.4 is 5.73 Å². The maximum atomic E-state index is 5.98. The first-order valence-corrected chi connectivity index (χ1v) is 8.53. The Bertz CT molecular complexity index is 832. The molecule has 1 atom stereocenters. The van der Waals surface area contributed by atoms with Gasteiger partial charge in [0.25, 0.3) is 0 Å². The summed E-state index contributed by atoms with van der Waals surface area (Å²) in [4.78, 5) is 7.02. The molecule has 2 aromatic heterocycles. The third kappa shape index (κ3) is 2.73. The topological polar surface area (TPSA) is 72.3 Å². The predicted molar refractivity (Wildman–Crippen MR) is 94.5 cm³/mol. The van der Waals surface area contributed by atoms with E-state index in [0.717, 1.165) is 11.3 Å². The first kappa shape index (κ1) is 15.1. The number of rotatable bonds is 3. The molecule has 0 aliphatic carbocycles. The highest BCUT2D eigenvalue weighted by atomic mass is 15.3. The van der Waals surface area contributed by atoms with Gasteiger partial charge in [-0.05, 0) is 38.4 Å². The van der Waals surface area contributed by atoms with Crippen LogP contribution in [0, 0.1) is 0 Å². The van der Waals surface area contributed by atoms with Crippen LogP contribution in [0.5, 0.6) is 0 Å². The van der Waals surface area contributed by atoms with Crippen molar-refractivity contribution >= 4 is 11.6 Å². The molecule has 0 saturated carbocycles. The third-order valence-electron chi connectivity index (χ3n) is 4.95. The summed E-state index contributed by atoms with van der Waals surface area (Å²) in [7, 11) is 0. The van der Waals surface area contributed by atoms with E-state index in [9.17, 15) is 0 Å². The molecule has 1 aliphatic rings. The Labute approximate surface area is 141 Å². The van der Waals surface area contributed by atoms with E-state index < -0.39 is 0 Å². The van der Waals surface area contributed by atoms with Crippen LogP contribution in [0.3, 0.4) is 0 Å². The van der Waals surface area contributed by atoms with Crippen molar-refractivity contribution in [2.24, 2.45) is 0 Å². The van der Waals surface area contributed by atoms with E-state index in [0.29, 0.717) is 17.6 Å². The maximum absolute atomic E-state index is 5.98. The Morgan fingerprint density at radius 2 is 1.83 bits per heavy atom. The number of nitrogen functional groups attached to an aromatic ring is 1. The molecular weight excluding hydrogens is 300 g/mol. The highest BCUT2D eigenvalue weighted by molar-refractivity contribution is 5.65. The quantitative estimate of drug-likeness (QED) is 0.802. The van der Waals surface area contributed by atoms with Gasteiger partial charge in [-0.25, -0.2) is 4.98 Å². The molecule has 6 nitrogen and oxygen atoms in total. The maximum Gasteiger partial charge on any atom is 0.207 e. The molecule has 3 heterocycles.